The van der Waals surface area contributed by atoms with Crippen molar-refractivity contribution in [3.05, 3.63) is 12.2 Å². The Bertz CT molecular complexity index is 283. The van der Waals surface area contributed by atoms with Crippen LogP contribution in [0.5, 0.6) is 0 Å². The molecular weight excluding hydrogens is 370 g/mol. The number of carboxylic acid groups (broad SMARTS) is 1. The third-order valence-electron chi connectivity index (χ3n) is 3.73. The molecule has 0 saturated carbocycles. The second-order valence-corrected chi connectivity index (χ2v) is 5.91. The molecule has 0 heterocycles. The fourth-order valence-corrected chi connectivity index (χ4v) is 2.36. The SMILES string of the molecule is CCCCCC[C@@H](O)C/C=C\CCCCCCCC(=O)O.[Ca+2].[H-].[H-].[Zn]. The van der Waals surface area contributed by atoms with Crippen LogP contribution in [-0.4, -0.2) is 60.0 Å². The van der Waals surface area contributed by atoms with Crippen LogP contribution in [-0.2, 0) is 24.3 Å². The van der Waals surface area contributed by atoms with E-state index in [9.17, 15) is 9.90 Å². The topological polar surface area (TPSA) is 57.5 Å². The van der Waals surface area contributed by atoms with Crippen molar-refractivity contribution < 1.29 is 37.3 Å². The van der Waals surface area contributed by atoms with Crippen molar-refractivity contribution in [3.8, 4) is 0 Å². The fraction of sp³-hybridized carbons (Fsp3) is 0.833. The van der Waals surface area contributed by atoms with Gasteiger partial charge in [-0.15, -0.1) is 0 Å². The molecule has 0 aliphatic heterocycles. The summed E-state index contributed by atoms with van der Waals surface area (Å²) in [6, 6.07) is 0. The van der Waals surface area contributed by atoms with E-state index in [1.54, 1.807) is 0 Å². The summed E-state index contributed by atoms with van der Waals surface area (Å²) in [6.07, 6.45) is 17.4. The Balaban J connectivity index is -0.000000333. The molecular formula is C18H36CaO3Zn. The molecule has 1 atom stereocenters. The first-order valence-corrected chi connectivity index (χ1v) is 8.71. The van der Waals surface area contributed by atoms with Gasteiger partial charge in [-0.25, -0.2) is 0 Å². The Hall–Kier alpha value is 1.05. The van der Waals surface area contributed by atoms with Crippen molar-refractivity contribution in [2.45, 2.75) is 96.5 Å². The van der Waals surface area contributed by atoms with E-state index < -0.39 is 5.97 Å². The molecule has 2 N–H and O–H groups in total. The minimum absolute atomic E-state index is 0. The van der Waals surface area contributed by atoms with Crippen LogP contribution in [0.3, 0.4) is 0 Å². The zero-order chi connectivity index (χ0) is 15.8. The van der Waals surface area contributed by atoms with Gasteiger partial charge in [-0.2, -0.15) is 0 Å². The van der Waals surface area contributed by atoms with Gasteiger partial charge in [0.05, 0.1) is 6.10 Å². The van der Waals surface area contributed by atoms with Crippen LogP contribution in [0.2, 0.25) is 0 Å². The number of aliphatic carboxylic acids is 1. The minimum Gasteiger partial charge on any atom is -1.00 e. The van der Waals surface area contributed by atoms with Gasteiger partial charge in [-0.1, -0.05) is 64.0 Å². The molecule has 0 amide bonds. The second kappa shape index (κ2) is 23.1. The molecule has 0 bridgehead atoms. The Morgan fingerprint density at radius 1 is 1.00 bits per heavy atom. The van der Waals surface area contributed by atoms with Crippen LogP contribution in [0.15, 0.2) is 12.2 Å². The van der Waals surface area contributed by atoms with Gasteiger partial charge in [-0.05, 0) is 32.1 Å². The summed E-state index contributed by atoms with van der Waals surface area (Å²) < 4.78 is 0. The van der Waals surface area contributed by atoms with E-state index >= 15 is 0 Å². The predicted molar refractivity (Wildman–Crippen MR) is 96.5 cm³/mol. The van der Waals surface area contributed by atoms with Crippen molar-refractivity contribution in [1.29, 1.82) is 0 Å². The Kier molecular flexibility index (Phi) is 28.9. The van der Waals surface area contributed by atoms with Gasteiger partial charge in [0.15, 0.2) is 0 Å². The molecule has 3 nitrogen and oxygen atoms in total. The van der Waals surface area contributed by atoms with Crippen LogP contribution in [0, 0.1) is 0 Å². The molecule has 0 aromatic rings. The monoisotopic (exact) mass is 404 g/mol. The van der Waals surface area contributed by atoms with Gasteiger partial charge >= 0.3 is 43.7 Å². The summed E-state index contributed by atoms with van der Waals surface area (Å²) in [7, 11) is 0. The van der Waals surface area contributed by atoms with Crippen LogP contribution in [0.1, 0.15) is 93.2 Å². The number of unbranched alkanes of at least 4 members (excludes halogenated alkanes) is 8. The first-order valence-electron chi connectivity index (χ1n) is 8.71. The van der Waals surface area contributed by atoms with E-state index in [4.69, 9.17) is 5.11 Å². The zero-order valence-corrected chi connectivity index (χ0v) is 20.3. The van der Waals surface area contributed by atoms with Crippen molar-refractivity contribution in [3.63, 3.8) is 0 Å². The zero-order valence-electron chi connectivity index (χ0n) is 17.1. The fourth-order valence-electron chi connectivity index (χ4n) is 2.36. The van der Waals surface area contributed by atoms with E-state index in [1.807, 2.05) is 0 Å². The third-order valence-corrected chi connectivity index (χ3v) is 3.73. The molecule has 0 aromatic heterocycles. The largest absolute Gasteiger partial charge is 2.00 e. The number of hydrogen-bond acceptors (Lipinski definition) is 2. The van der Waals surface area contributed by atoms with Gasteiger partial charge < -0.3 is 13.1 Å². The smallest absolute Gasteiger partial charge is 1.00 e. The predicted octanol–water partition coefficient (Wildman–Crippen LogP) is 4.92. The number of allylic oxidation sites excluding steroid dienone is 1. The molecule has 0 fully saturated rings. The molecule has 0 radical (unpaired) electrons. The normalized spacial score (nSPS) is 11.7. The van der Waals surface area contributed by atoms with Crippen molar-refractivity contribution in [1.82, 2.24) is 0 Å². The van der Waals surface area contributed by atoms with Crippen molar-refractivity contribution in [2.24, 2.45) is 0 Å². The molecule has 0 aliphatic rings. The third kappa shape index (κ3) is 25.4. The maximum absolute atomic E-state index is 10.3. The average Bonchev–Trinajstić information content (AvgIpc) is 2.45. The molecule has 0 unspecified atom stereocenters. The van der Waals surface area contributed by atoms with Gasteiger partial charge in [0.2, 0.25) is 0 Å². The first-order chi connectivity index (χ1) is 10.2. The molecule has 0 saturated heterocycles. The molecule has 23 heavy (non-hydrogen) atoms. The number of aliphatic hydroxyl groups excluding tert-OH is 1. The summed E-state index contributed by atoms with van der Waals surface area (Å²) in [5.74, 6) is -0.689. The van der Waals surface area contributed by atoms with Crippen LogP contribution in [0.4, 0.5) is 0 Å². The van der Waals surface area contributed by atoms with Gasteiger partial charge in [0.1, 0.15) is 0 Å². The summed E-state index contributed by atoms with van der Waals surface area (Å²) in [6.45, 7) is 2.20. The molecule has 0 rings (SSSR count). The van der Waals surface area contributed by atoms with Crippen LogP contribution >= 0.6 is 0 Å². The van der Waals surface area contributed by atoms with Gasteiger partial charge in [0, 0.05) is 25.9 Å². The molecule has 130 valence electrons. The summed E-state index contributed by atoms with van der Waals surface area (Å²) in [4.78, 5) is 10.3. The Labute approximate surface area is 188 Å². The maximum Gasteiger partial charge on any atom is 2.00 e. The number of carbonyl (C=O) groups is 1. The molecule has 0 spiro atoms. The first kappa shape index (κ1) is 28.8. The summed E-state index contributed by atoms with van der Waals surface area (Å²) in [5.41, 5.74) is 0. The average molecular weight is 406 g/mol. The Morgan fingerprint density at radius 3 is 2.26 bits per heavy atom. The van der Waals surface area contributed by atoms with E-state index in [0.717, 1.165) is 51.4 Å². The summed E-state index contributed by atoms with van der Waals surface area (Å²) >= 11 is 0. The van der Waals surface area contributed by atoms with E-state index in [0.29, 0.717) is 6.42 Å². The van der Waals surface area contributed by atoms with E-state index in [1.165, 1.54) is 25.7 Å². The number of carboxylic acids is 1. The standard InChI is InChI=1S/C18H34O3.Ca.Zn.2H/c1-2-3-4-11-14-17(19)15-12-9-7-5-6-8-10-13-16-18(20)21;;;;/h9,12,17,19H,2-8,10-11,13-16H2,1H3,(H,20,21);;;;/q;+2;;2*-1/b12-9-;;;;/t17-;;;;/m1..../s1. The van der Waals surface area contributed by atoms with Crippen LogP contribution < -0.4 is 0 Å². The Morgan fingerprint density at radius 2 is 1.61 bits per heavy atom. The molecule has 0 aromatic carbocycles. The van der Waals surface area contributed by atoms with Crippen LogP contribution in [0.25, 0.3) is 0 Å². The quantitative estimate of drug-likeness (QED) is 0.231. The summed E-state index contributed by atoms with van der Waals surface area (Å²) in [5, 5.41) is 18.3. The number of hydrogen-bond donors (Lipinski definition) is 2. The van der Waals surface area contributed by atoms with E-state index in [2.05, 4.69) is 19.1 Å². The van der Waals surface area contributed by atoms with Crippen molar-refractivity contribution >= 4 is 43.7 Å². The maximum atomic E-state index is 10.3. The van der Waals surface area contributed by atoms with Gasteiger partial charge in [0.25, 0.3) is 0 Å². The van der Waals surface area contributed by atoms with E-state index in [-0.39, 0.29) is 66.2 Å². The number of aliphatic hydroxyl groups is 1. The second-order valence-electron chi connectivity index (χ2n) is 5.91. The van der Waals surface area contributed by atoms with Crippen molar-refractivity contribution in [2.75, 3.05) is 0 Å². The number of rotatable bonds is 15. The molecule has 5 heteroatoms. The molecule has 0 aliphatic carbocycles. The minimum atomic E-state index is -0.689. The van der Waals surface area contributed by atoms with Gasteiger partial charge in [-0.3, -0.25) is 4.79 Å².